The Bertz CT molecular complexity index is 722. The molecule has 3 rings (SSSR count). The molecule has 1 heterocycles. The summed E-state index contributed by atoms with van der Waals surface area (Å²) in [7, 11) is 3.45. The lowest BCUT2D eigenvalue weighted by molar-refractivity contribution is 0.198. The molecular weight excluding hydrogens is 342 g/mol. The van der Waals surface area contributed by atoms with Crippen molar-refractivity contribution in [1.29, 1.82) is 0 Å². The predicted octanol–water partition coefficient (Wildman–Crippen LogP) is 3.52. The number of ether oxygens (including phenoxy) is 2. The Morgan fingerprint density at radius 2 is 2.04 bits per heavy atom. The van der Waals surface area contributed by atoms with E-state index in [0.29, 0.717) is 6.54 Å². The smallest absolute Gasteiger partial charge is 0.191 e. The Kier molecular flexibility index (Phi) is 7.02. The minimum Gasteiger partial charge on any atom is -0.493 e. The average molecular weight is 371 g/mol. The maximum atomic E-state index is 6.29. The van der Waals surface area contributed by atoms with Crippen molar-refractivity contribution in [3.05, 3.63) is 47.9 Å². The van der Waals surface area contributed by atoms with Gasteiger partial charge in [-0.25, -0.2) is 0 Å². The molecule has 1 aliphatic rings. The van der Waals surface area contributed by atoms with E-state index in [4.69, 9.17) is 13.9 Å². The van der Waals surface area contributed by atoms with Gasteiger partial charge < -0.3 is 24.5 Å². The number of nitrogens with one attached hydrogen (secondary N) is 2. The van der Waals surface area contributed by atoms with Crippen LogP contribution in [0.5, 0.6) is 11.5 Å². The Labute approximate surface area is 161 Å². The monoisotopic (exact) mass is 371 g/mol. The molecule has 0 atom stereocenters. The van der Waals surface area contributed by atoms with E-state index < -0.39 is 0 Å². The van der Waals surface area contributed by atoms with Crippen LogP contribution in [-0.2, 0) is 13.0 Å². The molecule has 6 heteroatoms. The summed E-state index contributed by atoms with van der Waals surface area (Å²) in [6, 6.07) is 9.88. The van der Waals surface area contributed by atoms with Crippen molar-refractivity contribution in [2.45, 2.75) is 44.8 Å². The van der Waals surface area contributed by atoms with E-state index in [-0.39, 0.29) is 6.10 Å². The van der Waals surface area contributed by atoms with Gasteiger partial charge in [0.1, 0.15) is 5.76 Å². The van der Waals surface area contributed by atoms with E-state index in [2.05, 4.69) is 21.7 Å². The largest absolute Gasteiger partial charge is 0.493 e. The third-order valence-electron chi connectivity index (χ3n) is 4.78. The van der Waals surface area contributed by atoms with Gasteiger partial charge in [0.05, 0.1) is 19.5 Å². The summed E-state index contributed by atoms with van der Waals surface area (Å²) in [4.78, 5) is 4.29. The SMILES string of the molecule is CN=C(NCCc1ccco1)NCc1cccc(OC)c1OC1CCCC1. The molecule has 1 aliphatic carbocycles. The second kappa shape index (κ2) is 9.90. The van der Waals surface area contributed by atoms with Crippen molar-refractivity contribution in [2.75, 3.05) is 20.7 Å². The highest BCUT2D eigenvalue weighted by atomic mass is 16.5. The summed E-state index contributed by atoms with van der Waals surface area (Å²) in [5.41, 5.74) is 1.07. The van der Waals surface area contributed by atoms with Gasteiger partial charge in [-0.15, -0.1) is 0 Å². The zero-order valence-corrected chi connectivity index (χ0v) is 16.2. The molecule has 1 aromatic carbocycles. The van der Waals surface area contributed by atoms with E-state index in [9.17, 15) is 0 Å². The number of rotatable bonds is 8. The van der Waals surface area contributed by atoms with Crippen LogP contribution >= 0.6 is 0 Å². The number of hydrogen-bond acceptors (Lipinski definition) is 4. The first-order valence-corrected chi connectivity index (χ1v) is 9.59. The minimum absolute atomic E-state index is 0.283. The highest BCUT2D eigenvalue weighted by Gasteiger charge is 2.20. The van der Waals surface area contributed by atoms with Crippen LogP contribution in [-0.4, -0.2) is 32.8 Å². The molecular formula is C21H29N3O3. The molecule has 27 heavy (non-hydrogen) atoms. The fourth-order valence-corrected chi connectivity index (χ4v) is 3.33. The Balaban J connectivity index is 1.58. The number of aliphatic imine (C=N–C) groups is 1. The third-order valence-corrected chi connectivity index (χ3v) is 4.78. The van der Waals surface area contributed by atoms with Crippen LogP contribution in [0.25, 0.3) is 0 Å². The van der Waals surface area contributed by atoms with E-state index in [1.165, 1.54) is 12.8 Å². The van der Waals surface area contributed by atoms with Crippen LogP contribution in [0.15, 0.2) is 46.0 Å². The standard InChI is InChI=1S/C21H29N3O3/c1-22-21(23-13-12-17-10-6-14-26-17)24-15-16-7-5-11-19(25-2)20(16)27-18-8-3-4-9-18/h5-7,10-11,14,18H,3-4,8-9,12-13,15H2,1-2H3,(H2,22,23,24). The zero-order valence-electron chi connectivity index (χ0n) is 16.2. The molecule has 0 saturated heterocycles. The first kappa shape index (κ1) is 19.1. The van der Waals surface area contributed by atoms with Crippen LogP contribution in [0.2, 0.25) is 0 Å². The van der Waals surface area contributed by atoms with Gasteiger partial charge in [0.2, 0.25) is 0 Å². The lowest BCUT2D eigenvalue weighted by Crippen LogP contribution is -2.38. The zero-order chi connectivity index (χ0) is 18.9. The molecule has 0 amide bonds. The molecule has 6 nitrogen and oxygen atoms in total. The van der Waals surface area contributed by atoms with Gasteiger partial charge in [0.15, 0.2) is 17.5 Å². The first-order chi connectivity index (χ1) is 13.3. The number of guanidine groups is 1. The molecule has 1 saturated carbocycles. The second-order valence-corrected chi connectivity index (χ2v) is 6.65. The second-order valence-electron chi connectivity index (χ2n) is 6.65. The summed E-state index contributed by atoms with van der Waals surface area (Å²) >= 11 is 0. The van der Waals surface area contributed by atoms with Crippen molar-refractivity contribution in [3.63, 3.8) is 0 Å². The lowest BCUT2D eigenvalue weighted by atomic mass is 10.1. The molecule has 0 radical (unpaired) electrons. The molecule has 146 valence electrons. The number of para-hydroxylation sites is 1. The molecule has 0 unspecified atom stereocenters. The molecule has 2 N–H and O–H groups in total. The summed E-state index contributed by atoms with van der Waals surface area (Å²) < 4.78 is 17.2. The highest BCUT2D eigenvalue weighted by molar-refractivity contribution is 5.79. The molecule has 1 aromatic heterocycles. The van der Waals surface area contributed by atoms with E-state index >= 15 is 0 Å². The van der Waals surface area contributed by atoms with Crippen LogP contribution in [0.4, 0.5) is 0 Å². The van der Waals surface area contributed by atoms with Crippen LogP contribution in [0.3, 0.4) is 0 Å². The van der Waals surface area contributed by atoms with E-state index in [1.807, 2.05) is 24.3 Å². The fourth-order valence-electron chi connectivity index (χ4n) is 3.33. The number of hydrogen-bond donors (Lipinski definition) is 2. The van der Waals surface area contributed by atoms with Gasteiger partial charge in [-0.3, -0.25) is 4.99 Å². The third kappa shape index (κ3) is 5.42. The summed E-state index contributed by atoms with van der Waals surface area (Å²) in [5.74, 6) is 3.32. The van der Waals surface area contributed by atoms with Crippen molar-refractivity contribution in [1.82, 2.24) is 10.6 Å². The summed E-state index contributed by atoms with van der Waals surface area (Å²) in [6.07, 6.45) is 7.48. The Hall–Kier alpha value is -2.63. The topological polar surface area (TPSA) is 68.0 Å². The molecule has 0 aliphatic heterocycles. The Morgan fingerprint density at radius 1 is 1.19 bits per heavy atom. The molecule has 0 spiro atoms. The van der Waals surface area contributed by atoms with Crippen LogP contribution in [0.1, 0.15) is 37.0 Å². The van der Waals surface area contributed by atoms with Gasteiger partial charge >= 0.3 is 0 Å². The van der Waals surface area contributed by atoms with Gasteiger partial charge in [-0.05, 0) is 43.9 Å². The van der Waals surface area contributed by atoms with Gasteiger partial charge in [-0.1, -0.05) is 12.1 Å². The number of furan rings is 1. The normalized spacial score (nSPS) is 15.0. The van der Waals surface area contributed by atoms with Crippen molar-refractivity contribution in [2.24, 2.45) is 4.99 Å². The highest BCUT2D eigenvalue weighted by Crippen LogP contribution is 2.34. The van der Waals surface area contributed by atoms with Crippen molar-refractivity contribution < 1.29 is 13.9 Å². The quantitative estimate of drug-likeness (QED) is 0.549. The van der Waals surface area contributed by atoms with Crippen LogP contribution in [0, 0.1) is 0 Å². The maximum Gasteiger partial charge on any atom is 0.191 e. The lowest BCUT2D eigenvalue weighted by Gasteiger charge is -2.20. The van der Waals surface area contributed by atoms with Crippen molar-refractivity contribution in [3.8, 4) is 11.5 Å². The average Bonchev–Trinajstić information content (AvgIpc) is 3.39. The summed E-state index contributed by atoms with van der Waals surface area (Å²) in [5, 5.41) is 6.66. The van der Waals surface area contributed by atoms with Gasteiger partial charge in [0.25, 0.3) is 0 Å². The first-order valence-electron chi connectivity index (χ1n) is 9.59. The van der Waals surface area contributed by atoms with E-state index in [0.717, 1.165) is 54.6 Å². The minimum atomic E-state index is 0.283. The van der Waals surface area contributed by atoms with Crippen LogP contribution < -0.4 is 20.1 Å². The van der Waals surface area contributed by atoms with E-state index in [1.54, 1.807) is 20.4 Å². The molecule has 1 fully saturated rings. The number of nitrogens with zero attached hydrogens (tertiary/aromatic N) is 1. The van der Waals surface area contributed by atoms with Gasteiger partial charge in [0, 0.05) is 32.1 Å². The fraction of sp³-hybridized carbons (Fsp3) is 0.476. The Morgan fingerprint density at radius 3 is 2.74 bits per heavy atom. The summed E-state index contributed by atoms with van der Waals surface area (Å²) in [6.45, 7) is 1.36. The predicted molar refractivity (Wildman–Crippen MR) is 106 cm³/mol. The molecule has 0 bridgehead atoms. The molecule has 2 aromatic rings. The number of methoxy groups -OCH3 is 1. The maximum absolute atomic E-state index is 6.29. The number of benzene rings is 1. The van der Waals surface area contributed by atoms with Crippen molar-refractivity contribution >= 4 is 5.96 Å². The van der Waals surface area contributed by atoms with Gasteiger partial charge in [-0.2, -0.15) is 0 Å².